The van der Waals surface area contributed by atoms with Crippen LogP contribution in [0.15, 0.2) is 42.5 Å². The smallest absolute Gasteiger partial charge is 0.253 e. The predicted molar refractivity (Wildman–Crippen MR) is 139 cm³/mol. The van der Waals surface area contributed by atoms with Crippen molar-refractivity contribution in [3.05, 3.63) is 59.2 Å². The second kappa shape index (κ2) is 9.60. The van der Waals surface area contributed by atoms with Crippen molar-refractivity contribution in [1.82, 2.24) is 9.80 Å². The predicted octanol–water partition coefficient (Wildman–Crippen LogP) is 3.60. The van der Waals surface area contributed by atoms with Crippen LogP contribution in [0.2, 0.25) is 0 Å². The van der Waals surface area contributed by atoms with Gasteiger partial charge in [-0.2, -0.15) is 0 Å². The first-order chi connectivity index (χ1) is 17.6. The SMILES string of the molecule is O=C(CN1C(=O)[C@@H]2CCCCN2c2ccc(C(=O)N3CCCCC3)cc21)N1CCc2ccccc2C1. The van der Waals surface area contributed by atoms with Crippen LogP contribution in [0, 0.1) is 0 Å². The van der Waals surface area contributed by atoms with Gasteiger partial charge in [0.15, 0.2) is 0 Å². The highest BCUT2D eigenvalue weighted by atomic mass is 16.2. The molecule has 4 heterocycles. The third-order valence-electron chi connectivity index (χ3n) is 8.30. The van der Waals surface area contributed by atoms with Gasteiger partial charge in [-0.15, -0.1) is 0 Å². The molecule has 2 aromatic carbocycles. The maximum Gasteiger partial charge on any atom is 0.253 e. The summed E-state index contributed by atoms with van der Waals surface area (Å²) in [5.41, 5.74) is 4.73. The molecule has 0 aromatic heterocycles. The number of carbonyl (C=O) groups is 3. The molecule has 0 radical (unpaired) electrons. The average Bonchev–Trinajstić information content (AvgIpc) is 2.94. The summed E-state index contributed by atoms with van der Waals surface area (Å²) in [6.07, 6.45) is 6.91. The first-order valence-electron chi connectivity index (χ1n) is 13.5. The van der Waals surface area contributed by atoms with E-state index in [1.165, 1.54) is 11.1 Å². The molecule has 7 heteroatoms. The van der Waals surface area contributed by atoms with E-state index in [9.17, 15) is 14.4 Å². The Morgan fingerprint density at radius 1 is 0.806 bits per heavy atom. The fourth-order valence-electron chi connectivity index (χ4n) is 6.28. The van der Waals surface area contributed by atoms with E-state index in [-0.39, 0.29) is 30.3 Å². The van der Waals surface area contributed by atoms with Crippen molar-refractivity contribution in [1.29, 1.82) is 0 Å². The Morgan fingerprint density at radius 3 is 2.42 bits per heavy atom. The van der Waals surface area contributed by atoms with E-state index in [0.717, 1.165) is 70.3 Å². The summed E-state index contributed by atoms with van der Waals surface area (Å²) >= 11 is 0. The van der Waals surface area contributed by atoms with Gasteiger partial charge in [-0.1, -0.05) is 24.3 Å². The second-order valence-corrected chi connectivity index (χ2v) is 10.5. The van der Waals surface area contributed by atoms with Crippen molar-refractivity contribution in [2.75, 3.05) is 42.5 Å². The molecule has 0 bridgehead atoms. The summed E-state index contributed by atoms with van der Waals surface area (Å²) in [5.74, 6) is -0.0408. The number of anilines is 2. The van der Waals surface area contributed by atoms with Crippen LogP contribution < -0.4 is 9.80 Å². The summed E-state index contributed by atoms with van der Waals surface area (Å²) in [7, 11) is 0. The lowest BCUT2D eigenvalue weighted by Gasteiger charge is -2.45. The minimum atomic E-state index is -0.232. The van der Waals surface area contributed by atoms with Crippen LogP contribution in [0.5, 0.6) is 0 Å². The lowest BCUT2D eigenvalue weighted by atomic mass is 9.95. The maximum atomic E-state index is 13.7. The monoisotopic (exact) mass is 486 g/mol. The Hall–Kier alpha value is -3.35. The number of fused-ring (bicyclic) bond motifs is 4. The van der Waals surface area contributed by atoms with Crippen molar-refractivity contribution in [2.24, 2.45) is 0 Å². The van der Waals surface area contributed by atoms with Gasteiger partial charge in [-0.3, -0.25) is 19.3 Å². The lowest BCUT2D eigenvalue weighted by Crippen LogP contribution is -2.57. The Balaban J connectivity index is 1.30. The molecule has 0 spiro atoms. The normalized spacial score (nSPS) is 21.6. The zero-order chi connectivity index (χ0) is 24.6. The van der Waals surface area contributed by atoms with Gasteiger partial charge in [0.1, 0.15) is 12.6 Å². The average molecular weight is 487 g/mol. The molecule has 2 aromatic rings. The molecular weight excluding hydrogens is 452 g/mol. The zero-order valence-corrected chi connectivity index (χ0v) is 20.8. The largest absolute Gasteiger partial charge is 0.358 e. The highest BCUT2D eigenvalue weighted by Crippen LogP contribution is 2.40. The van der Waals surface area contributed by atoms with Crippen molar-refractivity contribution in [3.63, 3.8) is 0 Å². The van der Waals surface area contributed by atoms with Gasteiger partial charge in [0.05, 0.1) is 11.4 Å². The van der Waals surface area contributed by atoms with Crippen LogP contribution in [-0.4, -0.2) is 66.3 Å². The van der Waals surface area contributed by atoms with E-state index in [1.807, 2.05) is 40.1 Å². The first-order valence-corrected chi connectivity index (χ1v) is 13.5. The molecule has 0 saturated carbocycles. The molecule has 6 rings (SSSR count). The van der Waals surface area contributed by atoms with Gasteiger partial charge < -0.3 is 14.7 Å². The van der Waals surface area contributed by atoms with Crippen LogP contribution in [0.25, 0.3) is 0 Å². The zero-order valence-electron chi connectivity index (χ0n) is 20.8. The first kappa shape index (κ1) is 23.1. The van der Waals surface area contributed by atoms with E-state index in [0.29, 0.717) is 24.3 Å². The molecule has 188 valence electrons. The van der Waals surface area contributed by atoms with Crippen LogP contribution in [0.4, 0.5) is 11.4 Å². The third-order valence-corrected chi connectivity index (χ3v) is 8.30. The number of likely N-dealkylation sites (tertiary alicyclic amines) is 1. The molecule has 36 heavy (non-hydrogen) atoms. The summed E-state index contributed by atoms with van der Waals surface area (Å²) in [6, 6.07) is 13.8. The third kappa shape index (κ3) is 4.14. The minimum absolute atomic E-state index is 0.0136. The second-order valence-electron chi connectivity index (χ2n) is 10.5. The molecule has 3 amide bonds. The van der Waals surface area contributed by atoms with Crippen molar-refractivity contribution >= 4 is 29.1 Å². The van der Waals surface area contributed by atoms with E-state index >= 15 is 0 Å². The molecule has 2 fully saturated rings. The number of hydrogen-bond donors (Lipinski definition) is 0. The van der Waals surface area contributed by atoms with Crippen molar-refractivity contribution in [2.45, 2.75) is 57.5 Å². The fraction of sp³-hybridized carbons (Fsp3) is 0.483. The molecule has 2 saturated heterocycles. The summed E-state index contributed by atoms with van der Waals surface area (Å²) in [5, 5.41) is 0. The number of carbonyl (C=O) groups excluding carboxylic acids is 3. The van der Waals surface area contributed by atoms with Crippen LogP contribution in [-0.2, 0) is 22.6 Å². The van der Waals surface area contributed by atoms with Crippen LogP contribution in [0.3, 0.4) is 0 Å². The standard InChI is InChI=1S/C29H34N4O3/c34-27(31-17-13-21-8-2-3-9-23(21)19-31)20-33-26-18-22(28(35)30-14-5-1-6-15-30)11-12-24(26)32-16-7-4-10-25(32)29(33)36/h2-3,8-9,11-12,18,25H,1,4-7,10,13-17,19-20H2/t25-/m0/s1. The Bertz CT molecular complexity index is 1190. The molecule has 4 aliphatic heterocycles. The van der Waals surface area contributed by atoms with Gasteiger partial charge in [-0.05, 0) is 74.3 Å². The summed E-state index contributed by atoms with van der Waals surface area (Å²) in [4.78, 5) is 48.2. The highest BCUT2D eigenvalue weighted by Gasteiger charge is 2.41. The molecule has 7 nitrogen and oxygen atoms in total. The molecule has 4 aliphatic rings. The quantitative estimate of drug-likeness (QED) is 0.665. The number of hydrogen-bond acceptors (Lipinski definition) is 4. The van der Waals surface area contributed by atoms with Gasteiger partial charge in [0.2, 0.25) is 11.8 Å². The minimum Gasteiger partial charge on any atom is -0.358 e. The van der Waals surface area contributed by atoms with Gasteiger partial charge in [-0.25, -0.2) is 0 Å². The van der Waals surface area contributed by atoms with E-state index in [1.54, 1.807) is 4.90 Å². The lowest BCUT2D eigenvalue weighted by molar-refractivity contribution is -0.132. The van der Waals surface area contributed by atoms with Crippen molar-refractivity contribution < 1.29 is 14.4 Å². The number of benzene rings is 2. The number of rotatable bonds is 3. The molecule has 0 N–H and O–H groups in total. The number of nitrogens with zero attached hydrogens (tertiary/aromatic N) is 4. The Kier molecular flexibility index (Phi) is 6.15. The van der Waals surface area contributed by atoms with Crippen LogP contribution >= 0.6 is 0 Å². The molecule has 0 aliphatic carbocycles. The molecule has 1 atom stereocenters. The Morgan fingerprint density at radius 2 is 1.58 bits per heavy atom. The molecular formula is C29H34N4O3. The number of piperidine rings is 2. The van der Waals surface area contributed by atoms with E-state index in [4.69, 9.17) is 0 Å². The fourth-order valence-corrected chi connectivity index (χ4v) is 6.28. The topological polar surface area (TPSA) is 64.2 Å². The molecule has 0 unspecified atom stereocenters. The Labute approximate surface area is 212 Å². The van der Waals surface area contributed by atoms with Gasteiger partial charge in [0.25, 0.3) is 5.91 Å². The highest BCUT2D eigenvalue weighted by molar-refractivity contribution is 6.10. The number of amides is 3. The summed E-state index contributed by atoms with van der Waals surface area (Å²) < 4.78 is 0. The summed E-state index contributed by atoms with van der Waals surface area (Å²) in [6.45, 7) is 3.64. The van der Waals surface area contributed by atoms with Crippen molar-refractivity contribution in [3.8, 4) is 0 Å². The van der Waals surface area contributed by atoms with Crippen LogP contribution in [0.1, 0.15) is 60.0 Å². The van der Waals surface area contributed by atoms with Gasteiger partial charge in [0, 0.05) is 38.3 Å². The van der Waals surface area contributed by atoms with Gasteiger partial charge >= 0.3 is 0 Å². The van der Waals surface area contributed by atoms with E-state index in [2.05, 4.69) is 17.0 Å². The van der Waals surface area contributed by atoms with E-state index < -0.39 is 0 Å². The maximum absolute atomic E-state index is 13.7.